The van der Waals surface area contributed by atoms with Gasteiger partial charge in [0, 0.05) is 5.56 Å². The smallest absolute Gasteiger partial charge is 0.214 e. The van der Waals surface area contributed by atoms with Gasteiger partial charge in [-0.05, 0) is 53.6 Å². The van der Waals surface area contributed by atoms with Gasteiger partial charge in [-0.25, -0.2) is 4.39 Å². The molecule has 24 heavy (non-hydrogen) atoms. The molecule has 0 aliphatic rings. The number of rotatable bonds is 5. The maximum absolute atomic E-state index is 13.2. The Labute approximate surface area is 142 Å². The van der Waals surface area contributed by atoms with Crippen molar-refractivity contribution in [2.45, 2.75) is 19.0 Å². The van der Waals surface area contributed by atoms with E-state index in [1.54, 1.807) is 10.7 Å². The highest BCUT2D eigenvalue weighted by Gasteiger charge is 2.14. The Balaban J connectivity index is 1.79. The highest BCUT2D eigenvalue weighted by molar-refractivity contribution is 7.99. The summed E-state index contributed by atoms with van der Waals surface area (Å²) in [4.78, 5) is 12.2. The summed E-state index contributed by atoms with van der Waals surface area (Å²) in [5, 5.41) is 12.2. The zero-order chi connectivity index (χ0) is 17.1. The van der Waals surface area contributed by atoms with Crippen LogP contribution in [0.25, 0.3) is 5.69 Å². The summed E-state index contributed by atoms with van der Waals surface area (Å²) < 4.78 is 14.8. The first kappa shape index (κ1) is 16.3. The first-order valence-electron chi connectivity index (χ1n) is 7.32. The van der Waals surface area contributed by atoms with Gasteiger partial charge in [-0.15, -0.1) is 5.10 Å². The summed E-state index contributed by atoms with van der Waals surface area (Å²) in [6, 6.07) is 11.7. The second-order valence-electron chi connectivity index (χ2n) is 5.39. The number of hydrogen-bond acceptors (Lipinski definition) is 5. The topological polar surface area (TPSA) is 60.7 Å². The molecule has 3 rings (SSSR count). The van der Waals surface area contributed by atoms with Gasteiger partial charge >= 0.3 is 0 Å². The fourth-order valence-electron chi connectivity index (χ4n) is 2.24. The number of carbonyl (C=O) groups is 1. The molecule has 0 unspecified atom stereocenters. The molecule has 0 aliphatic carbocycles. The first-order valence-corrected chi connectivity index (χ1v) is 8.31. The molecular weight excluding hydrogens is 327 g/mol. The summed E-state index contributed by atoms with van der Waals surface area (Å²) in [7, 11) is 0. The molecule has 0 amide bonds. The summed E-state index contributed by atoms with van der Waals surface area (Å²) in [6.45, 7) is 3.97. The predicted octanol–water partition coefficient (Wildman–Crippen LogP) is 3.39. The van der Waals surface area contributed by atoms with Crippen LogP contribution in [0.2, 0.25) is 0 Å². The van der Waals surface area contributed by atoms with Crippen molar-refractivity contribution in [3.05, 3.63) is 65.0 Å². The van der Waals surface area contributed by atoms with Crippen molar-refractivity contribution in [3.63, 3.8) is 0 Å². The second kappa shape index (κ2) is 6.92. The number of aryl methyl sites for hydroxylation is 2. The highest BCUT2D eigenvalue weighted by atomic mass is 32.2. The monoisotopic (exact) mass is 342 g/mol. The maximum atomic E-state index is 13.2. The molecule has 0 aliphatic heterocycles. The van der Waals surface area contributed by atoms with Crippen molar-refractivity contribution in [2.75, 3.05) is 5.75 Å². The highest BCUT2D eigenvalue weighted by Crippen LogP contribution is 2.22. The summed E-state index contributed by atoms with van der Waals surface area (Å²) in [5.74, 6) is -0.463. The van der Waals surface area contributed by atoms with E-state index in [-0.39, 0.29) is 11.5 Å². The van der Waals surface area contributed by atoms with Crippen molar-refractivity contribution in [1.82, 2.24) is 20.2 Å². The number of benzene rings is 2. The molecule has 0 atom stereocenters. The average molecular weight is 342 g/mol. The van der Waals surface area contributed by atoms with E-state index in [2.05, 4.69) is 15.5 Å². The van der Waals surface area contributed by atoms with Crippen LogP contribution < -0.4 is 0 Å². The lowest BCUT2D eigenvalue weighted by atomic mass is 10.1. The van der Waals surface area contributed by atoms with Gasteiger partial charge < -0.3 is 0 Å². The molecule has 2 aromatic carbocycles. The van der Waals surface area contributed by atoms with Crippen LogP contribution in [0, 0.1) is 19.7 Å². The van der Waals surface area contributed by atoms with Crippen LogP contribution in [-0.4, -0.2) is 31.7 Å². The molecule has 1 aromatic heterocycles. The van der Waals surface area contributed by atoms with Gasteiger partial charge in [-0.3, -0.25) is 4.79 Å². The SMILES string of the molecule is Cc1ccc(C)c(-n2nnnc2SCC(=O)c2cccc(F)c2)c1. The van der Waals surface area contributed by atoms with Gasteiger partial charge in [-0.2, -0.15) is 4.68 Å². The van der Waals surface area contributed by atoms with E-state index >= 15 is 0 Å². The van der Waals surface area contributed by atoms with Crippen molar-refractivity contribution in [2.24, 2.45) is 0 Å². The normalized spacial score (nSPS) is 10.8. The van der Waals surface area contributed by atoms with E-state index in [1.807, 2.05) is 32.0 Å². The van der Waals surface area contributed by atoms with E-state index in [0.717, 1.165) is 16.8 Å². The van der Waals surface area contributed by atoms with E-state index in [4.69, 9.17) is 0 Å². The van der Waals surface area contributed by atoms with E-state index < -0.39 is 5.82 Å². The fourth-order valence-corrected chi connectivity index (χ4v) is 3.02. The van der Waals surface area contributed by atoms with Gasteiger partial charge in [0.2, 0.25) is 5.16 Å². The summed E-state index contributed by atoms with van der Waals surface area (Å²) >= 11 is 1.23. The number of nitrogens with zero attached hydrogens (tertiary/aromatic N) is 4. The van der Waals surface area contributed by atoms with Gasteiger partial charge in [0.25, 0.3) is 0 Å². The lowest BCUT2D eigenvalue weighted by Crippen LogP contribution is -2.06. The molecule has 5 nitrogen and oxygen atoms in total. The van der Waals surface area contributed by atoms with Gasteiger partial charge in [0.05, 0.1) is 11.4 Å². The molecule has 0 radical (unpaired) electrons. The molecule has 0 saturated heterocycles. The van der Waals surface area contributed by atoms with Crippen LogP contribution in [0.5, 0.6) is 0 Å². The van der Waals surface area contributed by atoms with Gasteiger partial charge in [0.15, 0.2) is 5.78 Å². The number of halogens is 1. The molecule has 7 heteroatoms. The number of aromatic nitrogens is 4. The van der Waals surface area contributed by atoms with E-state index in [1.165, 1.54) is 30.0 Å². The van der Waals surface area contributed by atoms with Crippen LogP contribution in [0.15, 0.2) is 47.6 Å². The number of ketones is 1. The summed E-state index contributed by atoms with van der Waals surface area (Å²) in [6.07, 6.45) is 0. The lowest BCUT2D eigenvalue weighted by Gasteiger charge is -2.08. The zero-order valence-electron chi connectivity index (χ0n) is 13.2. The molecule has 0 N–H and O–H groups in total. The molecule has 1 heterocycles. The third-order valence-electron chi connectivity index (χ3n) is 3.51. The zero-order valence-corrected chi connectivity index (χ0v) is 14.0. The molecule has 0 spiro atoms. The van der Waals surface area contributed by atoms with Crippen molar-refractivity contribution < 1.29 is 9.18 Å². The minimum absolute atomic E-state index is 0.134. The van der Waals surface area contributed by atoms with Crippen LogP contribution in [0.4, 0.5) is 4.39 Å². The van der Waals surface area contributed by atoms with Gasteiger partial charge in [0.1, 0.15) is 5.82 Å². The molecule has 3 aromatic rings. The second-order valence-corrected chi connectivity index (χ2v) is 6.33. The minimum atomic E-state index is -0.425. The minimum Gasteiger partial charge on any atom is -0.293 e. The van der Waals surface area contributed by atoms with Crippen molar-refractivity contribution >= 4 is 17.5 Å². The van der Waals surface area contributed by atoms with Gasteiger partial charge in [-0.1, -0.05) is 36.0 Å². The Morgan fingerprint density at radius 3 is 2.83 bits per heavy atom. The number of thioether (sulfide) groups is 1. The average Bonchev–Trinajstić information content (AvgIpc) is 3.03. The van der Waals surface area contributed by atoms with E-state index in [0.29, 0.717) is 10.7 Å². The number of carbonyl (C=O) groups excluding carboxylic acids is 1. The molecule has 0 bridgehead atoms. The van der Waals surface area contributed by atoms with Crippen LogP contribution in [0.3, 0.4) is 0 Å². The van der Waals surface area contributed by atoms with Crippen molar-refractivity contribution in [3.8, 4) is 5.69 Å². The quantitative estimate of drug-likeness (QED) is 0.525. The van der Waals surface area contributed by atoms with Crippen LogP contribution >= 0.6 is 11.8 Å². The van der Waals surface area contributed by atoms with Crippen LogP contribution in [0.1, 0.15) is 21.5 Å². The molecule has 122 valence electrons. The Morgan fingerprint density at radius 2 is 2.04 bits per heavy atom. The third-order valence-corrected chi connectivity index (χ3v) is 4.43. The lowest BCUT2D eigenvalue weighted by molar-refractivity contribution is 0.102. The Kier molecular flexibility index (Phi) is 4.71. The molecule has 0 fully saturated rings. The Hall–Kier alpha value is -2.54. The Morgan fingerprint density at radius 1 is 1.21 bits per heavy atom. The van der Waals surface area contributed by atoms with E-state index in [9.17, 15) is 9.18 Å². The third kappa shape index (κ3) is 3.51. The molecular formula is C17H15FN4OS. The molecule has 0 saturated carbocycles. The number of hydrogen-bond donors (Lipinski definition) is 0. The summed E-state index contributed by atoms with van der Waals surface area (Å²) in [5.41, 5.74) is 3.35. The predicted molar refractivity (Wildman–Crippen MR) is 90.1 cm³/mol. The number of tetrazole rings is 1. The first-order chi connectivity index (χ1) is 11.5. The van der Waals surface area contributed by atoms with Crippen molar-refractivity contribution in [1.29, 1.82) is 0 Å². The standard InChI is InChI=1S/C17H15FN4OS/c1-11-6-7-12(2)15(8-11)22-17(19-20-21-22)24-10-16(23)13-4-3-5-14(18)9-13/h3-9H,10H2,1-2H3. The fraction of sp³-hybridized carbons (Fsp3) is 0.176. The number of Topliss-reactive ketones (excluding diaryl/α,β-unsaturated/α-hetero) is 1. The van der Waals surface area contributed by atoms with Crippen LogP contribution in [-0.2, 0) is 0 Å². The Bertz CT molecular complexity index is 894. The largest absolute Gasteiger partial charge is 0.293 e. The maximum Gasteiger partial charge on any atom is 0.214 e.